The summed E-state index contributed by atoms with van der Waals surface area (Å²) in [5.74, 6) is 3.15. The zero-order valence-electron chi connectivity index (χ0n) is 14.4. The lowest BCUT2D eigenvalue weighted by Crippen LogP contribution is -2.43. The van der Waals surface area contributed by atoms with Crippen molar-refractivity contribution in [1.82, 2.24) is 10.3 Å². The van der Waals surface area contributed by atoms with Crippen LogP contribution in [-0.2, 0) is 10.5 Å². The molecule has 1 fully saturated rings. The topological polar surface area (TPSA) is 45.2 Å². The van der Waals surface area contributed by atoms with Gasteiger partial charge in [0, 0.05) is 37.3 Å². The second kappa shape index (κ2) is 9.47. The van der Waals surface area contributed by atoms with Crippen LogP contribution in [0.5, 0.6) is 0 Å². The molecule has 0 radical (unpaired) electrons. The monoisotopic (exact) mass is 355 g/mol. The molecule has 0 aliphatic carbocycles. The molecular weight excluding hydrogens is 330 g/mol. The number of pyridine rings is 1. The van der Waals surface area contributed by atoms with Crippen LogP contribution in [0.3, 0.4) is 0 Å². The summed E-state index contributed by atoms with van der Waals surface area (Å²) in [4.78, 5) is 19.1. The van der Waals surface area contributed by atoms with E-state index in [1.807, 2.05) is 42.2 Å². The zero-order chi connectivity index (χ0) is 17.3. The fraction of sp³-hybridized carbons (Fsp3) is 0.400. The smallest absolute Gasteiger partial charge is 0.224 e. The summed E-state index contributed by atoms with van der Waals surface area (Å²) in [5, 5.41) is 3.10. The van der Waals surface area contributed by atoms with E-state index < -0.39 is 0 Å². The first kappa shape index (κ1) is 17.8. The van der Waals surface area contributed by atoms with Crippen molar-refractivity contribution in [3.63, 3.8) is 0 Å². The molecule has 0 bridgehead atoms. The number of rotatable bonds is 7. The molecule has 0 spiro atoms. The number of amides is 1. The summed E-state index contributed by atoms with van der Waals surface area (Å²) in [6.07, 6.45) is 3.81. The first-order chi connectivity index (χ1) is 12.3. The van der Waals surface area contributed by atoms with Crippen molar-refractivity contribution < 1.29 is 4.79 Å². The quantitative estimate of drug-likeness (QED) is 0.774. The van der Waals surface area contributed by atoms with Gasteiger partial charge in [-0.2, -0.15) is 11.8 Å². The average molecular weight is 356 g/mol. The average Bonchev–Trinajstić information content (AvgIpc) is 2.69. The van der Waals surface area contributed by atoms with Gasteiger partial charge in [0.2, 0.25) is 5.91 Å². The van der Waals surface area contributed by atoms with Gasteiger partial charge in [0.05, 0.1) is 5.92 Å². The van der Waals surface area contributed by atoms with Crippen molar-refractivity contribution in [3.05, 3.63) is 60.3 Å². The lowest BCUT2D eigenvalue weighted by atomic mass is 9.97. The second-order valence-electron chi connectivity index (χ2n) is 6.30. The number of anilines is 1. The van der Waals surface area contributed by atoms with Crippen molar-refractivity contribution in [2.45, 2.75) is 18.6 Å². The number of carbonyl (C=O) groups excluding carboxylic acids is 1. The van der Waals surface area contributed by atoms with Crippen molar-refractivity contribution in [2.24, 2.45) is 5.92 Å². The van der Waals surface area contributed by atoms with Crippen molar-refractivity contribution >= 4 is 23.5 Å². The number of benzene rings is 1. The number of carbonyl (C=O) groups is 1. The van der Waals surface area contributed by atoms with E-state index in [4.69, 9.17) is 0 Å². The van der Waals surface area contributed by atoms with Crippen LogP contribution >= 0.6 is 11.8 Å². The van der Waals surface area contributed by atoms with E-state index in [1.54, 1.807) is 0 Å². The number of hydrogen-bond donors (Lipinski definition) is 1. The molecule has 1 aromatic carbocycles. The van der Waals surface area contributed by atoms with Gasteiger partial charge in [0.25, 0.3) is 0 Å². The number of aromatic nitrogens is 1. The Balaban J connectivity index is 1.38. The third-order valence-corrected chi connectivity index (χ3v) is 5.45. The Bertz CT molecular complexity index is 651. The number of piperidine rings is 1. The van der Waals surface area contributed by atoms with Crippen molar-refractivity contribution in [3.8, 4) is 0 Å². The molecule has 1 N–H and O–H groups in total. The van der Waals surface area contributed by atoms with Gasteiger partial charge in [-0.15, -0.1) is 0 Å². The summed E-state index contributed by atoms with van der Waals surface area (Å²) in [5.41, 5.74) is 1.33. The molecule has 3 rings (SSSR count). The van der Waals surface area contributed by atoms with Crippen LogP contribution in [0.2, 0.25) is 0 Å². The van der Waals surface area contributed by atoms with E-state index in [2.05, 4.69) is 39.5 Å². The molecule has 1 aliphatic heterocycles. The Morgan fingerprint density at radius 3 is 2.84 bits per heavy atom. The van der Waals surface area contributed by atoms with Crippen LogP contribution in [0.15, 0.2) is 54.7 Å². The normalized spacial score (nSPS) is 17.3. The standard InChI is InChI=1S/C20H25N3OS/c24-20(22-12-14-25-16-17-7-2-1-3-8-17)18-9-6-13-23(15-18)19-10-4-5-11-21-19/h1-5,7-8,10-11,18H,6,9,12-16H2,(H,22,24)/t18-/m1/s1. The van der Waals surface area contributed by atoms with Crippen molar-refractivity contribution in [1.29, 1.82) is 0 Å². The van der Waals surface area contributed by atoms with E-state index in [-0.39, 0.29) is 11.8 Å². The molecule has 4 nitrogen and oxygen atoms in total. The van der Waals surface area contributed by atoms with E-state index in [1.165, 1.54) is 5.56 Å². The van der Waals surface area contributed by atoms with Crippen LogP contribution in [0.1, 0.15) is 18.4 Å². The highest BCUT2D eigenvalue weighted by Crippen LogP contribution is 2.21. The molecule has 0 saturated carbocycles. The third kappa shape index (κ3) is 5.49. The summed E-state index contributed by atoms with van der Waals surface area (Å²) < 4.78 is 0. The molecule has 2 heterocycles. The van der Waals surface area contributed by atoms with Gasteiger partial charge in [-0.1, -0.05) is 36.4 Å². The first-order valence-electron chi connectivity index (χ1n) is 8.88. The van der Waals surface area contributed by atoms with Crippen LogP contribution in [-0.4, -0.2) is 36.3 Å². The molecule has 1 amide bonds. The summed E-state index contributed by atoms with van der Waals surface area (Å²) in [6, 6.07) is 16.4. The van der Waals surface area contributed by atoms with Gasteiger partial charge in [-0.3, -0.25) is 4.79 Å². The van der Waals surface area contributed by atoms with E-state index in [0.717, 1.165) is 49.8 Å². The highest BCUT2D eigenvalue weighted by Gasteiger charge is 2.26. The third-order valence-electron chi connectivity index (χ3n) is 4.42. The van der Waals surface area contributed by atoms with Crippen LogP contribution < -0.4 is 10.2 Å². The maximum atomic E-state index is 12.4. The summed E-state index contributed by atoms with van der Waals surface area (Å²) in [7, 11) is 0. The molecule has 1 aromatic heterocycles. The number of nitrogens with zero attached hydrogens (tertiary/aromatic N) is 2. The van der Waals surface area contributed by atoms with E-state index in [0.29, 0.717) is 0 Å². The molecule has 1 aliphatic rings. The minimum Gasteiger partial charge on any atom is -0.356 e. The van der Waals surface area contributed by atoms with Gasteiger partial charge < -0.3 is 10.2 Å². The highest BCUT2D eigenvalue weighted by atomic mass is 32.2. The van der Waals surface area contributed by atoms with Gasteiger partial charge >= 0.3 is 0 Å². The van der Waals surface area contributed by atoms with Gasteiger partial charge in [-0.25, -0.2) is 4.98 Å². The highest BCUT2D eigenvalue weighted by molar-refractivity contribution is 7.98. The largest absolute Gasteiger partial charge is 0.356 e. The van der Waals surface area contributed by atoms with E-state index >= 15 is 0 Å². The summed E-state index contributed by atoms with van der Waals surface area (Å²) in [6.45, 7) is 2.48. The van der Waals surface area contributed by atoms with Gasteiger partial charge in [0.15, 0.2) is 0 Å². The molecule has 25 heavy (non-hydrogen) atoms. The molecule has 132 valence electrons. The van der Waals surface area contributed by atoms with Gasteiger partial charge in [0.1, 0.15) is 5.82 Å². The van der Waals surface area contributed by atoms with Crippen LogP contribution in [0.25, 0.3) is 0 Å². The molecule has 2 aromatic rings. The van der Waals surface area contributed by atoms with Gasteiger partial charge in [-0.05, 0) is 30.5 Å². The van der Waals surface area contributed by atoms with Crippen molar-refractivity contribution in [2.75, 3.05) is 30.3 Å². The van der Waals surface area contributed by atoms with Crippen LogP contribution in [0, 0.1) is 5.92 Å². The predicted octanol–water partition coefficient (Wildman–Crippen LogP) is 3.35. The SMILES string of the molecule is O=C(NCCSCc1ccccc1)[C@@H]1CCCN(c2ccccn2)C1. The maximum Gasteiger partial charge on any atom is 0.224 e. The Kier molecular flexibility index (Phi) is 6.74. The zero-order valence-corrected chi connectivity index (χ0v) is 15.3. The Labute approximate surface area is 154 Å². The maximum absolute atomic E-state index is 12.4. The number of thioether (sulfide) groups is 1. The lowest BCUT2D eigenvalue weighted by molar-refractivity contribution is -0.125. The number of hydrogen-bond acceptors (Lipinski definition) is 4. The molecule has 1 saturated heterocycles. The fourth-order valence-electron chi connectivity index (χ4n) is 3.10. The summed E-state index contributed by atoms with van der Waals surface area (Å²) >= 11 is 1.86. The first-order valence-corrected chi connectivity index (χ1v) is 10.0. The minimum atomic E-state index is 0.0647. The molecular formula is C20H25N3OS. The Hall–Kier alpha value is -2.01. The van der Waals surface area contributed by atoms with E-state index in [9.17, 15) is 4.79 Å². The lowest BCUT2D eigenvalue weighted by Gasteiger charge is -2.32. The fourth-order valence-corrected chi connectivity index (χ4v) is 3.91. The van der Waals surface area contributed by atoms with Crippen LogP contribution in [0.4, 0.5) is 5.82 Å². The predicted molar refractivity (Wildman–Crippen MR) is 105 cm³/mol. The number of nitrogens with one attached hydrogen (secondary N) is 1. The second-order valence-corrected chi connectivity index (χ2v) is 7.41. The minimum absolute atomic E-state index is 0.0647. The molecule has 0 unspecified atom stereocenters. The molecule has 5 heteroatoms. The Morgan fingerprint density at radius 2 is 2.04 bits per heavy atom. The molecule has 1 atom stereocenters. The Morgan fingerprint density at radius 1 is 1.20 bits per heavy atom.